The molecule has 0 bridgehead atoms. The van der Waals surface area contributed by atoms with Crippen molar-refractivity contribution in [1.82, 2.24) is 4.90 Å². The molecule has 0 spiro atoms. The fourth-order valence-electron chi connectivity index (χ4n) is 2.66. The number of halogens is 3. The molecule has 1 amide bonds. The summed E-state index contributed by atoms with van der Waals surface area (Å²) in [5, 5.41) is 0. The first-order valence-corrected chi connectivity index (χ1v) is 7.65. The molecule has 3 rings (SSSR count). The second-order valence-corrected chi connectivity index (χ2v) is 5.71. The van der Waals surface area contributed by atoms with Gasteiger partial charge in [0.2, 0.25) is 6.10 Å². The third kappa shape index (κ3) is 3.70. The summed E-state index contributed by atoms with van der Waals surface area (Å²) in [7, 11) is 1.44. The molecule has 0 radical (unpaired) electrons. The molecule has 0 saturated carbocycles. The maximum atomic E-state index is 13.1. The monoisotopic (exact) mass is 351 g/mol. The lowest BCUT2D eigenvalue weighted by atomic mass is 10.1. The van der Waals surface area contributed by atoms with E-state index in [0.29, 0.717) is 11.5 Å². The molecule has 0 fully saturated rings. The second-order valence-electron chi connectivity index (χ2n) is 5.71. The highest BCUT2D eigenvalue weighted by molar-refractivity contribution is 5.81. The number of para-hydroxylation sites is 2. The van der Waals surface area contributed by atoms with Crippen LogP contribution < -0.4 is 9.47 Å². The van der Waals surface area contributed by atoms with Gasteiger partial charge in [0, 0.05) is 13.6 Å². The molecule has 1 aliphatic rings. The van der Waals surface area contributed by atoms with Gasteiger partial charge in [0.1, 0.15) is 6.61 Å². The standard InChI is InChI=1S/C18H16F3NO3/c1-22(10-12-6-2-3-7-13(12)18(19,20)21)17(23)16-11-24-14-8-4-5-9-15(14)25-16/h2-9,16H,10-11H2,1H3. The lowest BCUT2D eigenvalue weighted by Crippen LogP contribution is -2.44. The molecular weight excluding hydrogens is 335 g/mol. The molecule has 0 aromatic heterocycles. The maximum absolute atomic E-state index is 13.1. The van der Waals surface area contributed by atoms with E-state index in [2.05, 4.69) is 0 Å². The van der Waals surface area contributed by atoms with Gasteiger partial charge in [-0.2, -0.15) is 13.2 Å². The normalized spacial score (nSPS) is 16.4. The lowest BCUT2D eigenvalue weighted by molar-refractivity contribution is -0.143. The third-order valence-electron chi connectivity index (χ3n) is 3.89. The van der Waals surface area contributed by atoms with Gasteiger partial charge in [-0.3, -0.25) is 4.79 Å². The minimum absolute atomic E-state index is 0.0150. The molecule has 1 heterocycles. The molecule has 0 N–H and O–H groups in total. The number of likely N-dealkylation sites (N-methyl/N-ethyl adjacent to an activating group) is 1. The Labute approximate surface area is 142 Å². The van der Waals surface area contributed by atoms with Gasteiger partial charge in [-0.1, -0.05) is 30.3 Å². The summed E-state index contributed by atoms with van der Waals surface area (Å²) in [4.78, 5) is 13.7. The summed E-state index contributed by atoms with van der Waals surface area (Å²) in [5.74, 6) is 0.541. The fourth-order valence-corrected chi connectivity index (χ4v) is 2.66. The summed E-state index contributed by atoms with van der Waals surface area (Å²) in [6.07, 6.45) is -5.36. The predicted octanol–water partition coefficient (Wildman–Crippen LogP) is 3.50. The van der Waals surface area contributed by atoms with Crippen LogP contribution in [0.5, 0.6) is 11.5 Å². The Hall–Kier alpha value is -2.70. The quantitative estimate of drug-likeness (QED) is 0.850. The van der Waals surface area contributed by atoms with Crippen LogP contribution in [-0.4, -0.2) is 30.6 Å². The Morgan fingerprint density at radius 3 is 2.48 bits per heavy atom. The number of fused-ring (bicyclic) bond motifs is 1. The Morgan fingerprint density at radius 2 is 1.76 bits per heavy atom. The smallest absolute Gasteiger partial charge is 0.416 e. The highest BCUT2D eigenvalue weighted by Gasteiger charge is 2.34. The first-order chi connectivity index (χ1) is 11.9. The number of carbonyl (C=O) groups excluding carboxylic acids is 1. The van der Waals surface area contributed by atoms with Gasteiger partial charge in [-0.05, 0) is 23.8 Å². The number of ether oxygens (including phenoxy) is 2. The summed E-state index contributed by atoms with van der Waals surface area (Å²) in [5.41, 5.74) is -0.719. The molecular formula is C18H16F3NO3. The number of alkyl halides is 3. The molecule has 132 valence electrons. The van der Waals surface area contributed by atoms with E-state index in [1.165, 1.54) is 30.1 Å². The van der Waals surface area contributed by atoms with Crippen LogP contribution in [0.1, 0.15) is 11.1 Å². The van der Waals surface area contributed by atoms with Crippen LogP contribution >= 0.6 is 0 Å². The topological polar surface area (TPSA) is 38.8 Å². The second kappa shape index (κ2) is 6.66. The molecule has 0 aliphatic carbocycles. The van der Waals surface area contributed by atoms with Crippen molar-refractivity contribution in [1.29, 1.82) is 0 Å². The number of hydrogen-bond acceptors (Lipinski definition) is 3. The van der Waals surface area contributed by atoms with Gasteiger partial charge in [0.15, 0.2) is 11.5 Å². The van der Waals surface area contributed by atoms with E-state index in [4.69, 9.17) is 9.47 Å². The number of amides is 1. The zero-order valence-electron chi connectivity index (χ0n) is 13.4. The molecule has 2 aromatic rings. The van der Waals surface area contributed by atoms with Crippen molar-refractivity contribution in [3.05, 3.63) is 59.7 Å². The summed E-state index contributed by atoms with van der Waals surface area (Å²) < 4.78 is 50.3. The number of rotatable bonds is 3. The zero-order chi connectivity index (χ0) is 18.0. The SMILES string of the molecule is CN(Cc1ccccc1C(F)(F)F)C(=O)C1COc2ccccc2O1. The van der Waals surface area contributed by atoms with Gasteiger partial charge in [0.05, 0.1) is 5.56 Å². The van der Waals surface area contributed by atoms with E-state index in [1.54, 1.807) is 24.3 Å². The van der Waals surface area contributed by atoms with Crippen molar-refractivity contribution < 1.29 is 27.4 Å². The number of nitrogens with zero attached hydrogens (tertiary/aromatic N) is 1. The van der Waals surface area contributed by atoms with Crippen molar-refractivity contribution in [3.63, 3.8) is 0 Å². The predicted molar refractivity (Wildman–Crippen MR) is 84.3 cm³/mol. The molecule has 0 saturated heterocycles. The van der Waals surface area contributed by atoms with Gasteiger partial charge < -0.3 is 14.4 Å². The number of hydrogen-bond donors (Lipinski definition) is 0. The van der Waals surface area contributed by atoms with Crippen LogP contribution in [-0.2, 0) is 17.5 Å². The first-order valence-electron chi connectivity index (χ1n) is 7.65. The molecule has 1 atom stereocenters. The maximum Gasteiger partial charge on any atom is 0.416 e. The highest BCUT2D eigenvalue weighted by atomic mass is 19.4. The average Bonchev–Trinajstić information content (AvgIpc) is 2.60. The number of carbonyl (C=O) groups is 1. The molecule has 7 heteroatoms. The van der Waals surface area contributed by atoms with Crippen LogP contribution in [0.25, 0.3) is 0 Å². The van der Waals surface area contributed by atoms with Crippen molar-refractivity contribution >= 4 is 5.91 Å². The van der Waals surface area contributed by atoms with Crippen molar-refractivity contribution in [2.75, 3.05) is 13.7 Å². The molecule has 1 aliphatic heterocycles. The minimum Gasteiger partial charge on any atom is -0.485 e. The third-order valence-corrected chi connectivity index (χ3v) is 3.89. The van der Waals surface area contributed by atoms with Crippen LogP contribution in [0.15, 0.2) is 48.5 Å². The van der Waals surface area contributed by atoms with Crippen molar-refractivity contribution in [2.24, 2.45) is 0 Å². The first kappa shape index (κ1) is 17.1. The van der Waals surface area contributed by atoms with Gasteiger partial charge >= 0.3 is 6.18 Å². The molecule has 2 aromatic carbocycles. The van der Waals surface area contributed by atoms with Crippen molar-refractivity contribution in [2.45, 2.75) is 18.8 Å². The summed E-state index contributed by atoms with van der Waals surface area (Å²) in [6.45, 7) is -0.156. The molecule has 25 heavy (non-hydrogen) atoms. The Kier molecular flexibility index (Phi) is 4.57. The van der Waals surface area contributed by atoms with E-state index in [1.807, 2.05) is 0 Å². The Morgan fingerprint density at radius 1 is 1.12 bits per heavy atom. The van der Waals surface area contributed by atoms with E-state index in [9.17, 15) is 18.0 Å². The van der Waals surface area contributed by atoms with Gasteiger partial charge in [-0.15, -0.1) is 0 Å². The van der Waals surface area contributed by atoms with Crippen LogP contribution in [0.2, 0.25) is 0 Å². The van der Waals surface area contributed by atoms with E-state index in [0.717, 1.165) is 6.07 Å². The average molecular weight is 351 g/mol. The lowest BCUT2D eigenvalue weighted by Gasteiger charge is -2.29. The zero-order valence-corrected chi connectivity index (χ0v) is 13.4. The summed E-state index contributed by atoms with van der Waals surface area (Å²) in [6, 6.07) is 12.1. The molecule has 1 unspecified atom stereocenters. The van der Waals surface area contributed by atoms with E-state index in [-0.39, 0.29) is 18.7 Å². The van der Waals surface area contributed by atoms with Crippen LogP contribution in [0, 0.1) is 0 Å². The molecule has 4 nitrogen and oxygen atoms in total. The fraction of sp³-hybridized carbons (Fsp3) is 0.278. The van der Waals surface area contributed by atoms with Crippen molar-refractivity contribution in [3.8, 4) is 11.5 Å². The van der Waals surface area contributed by atoms with E-state index >= 15 is 0 Å². The Balaban J connectivity index is 1.72. The number of benzene rings is 2. The van der Waals surface area contributed by atoms with Crippen LogP contribution in [0.3, 0.4) is 0 Å². The Bertz CT molecular complexity index is 776. The minimum atomic E-state index is -4.47. The largest absolute Gasteiger partial charge is 0.485 e. The van der Waals surface area contributed by atoms with Gasteiger partial charge in [-0.25, -0.2) is 0 Å². The van der Waals surface area contributed by atoms with Crippen LogP contribution in [0.4, 0.5) is 13.2 Å². The summed E-state index contributed by atoms with van der Waals surface area (Å²) >= 11 is 0. The highest BCUT2D eigenvalue weighted by Crippen LogP contribution is 2.33. The van der Waals surface area contributed by atoms with E-state index < -0.39 is 23.8 Å². The van der Waals surface area contributed by atoms with Gasteiger partial charge in [0.25, 0.3) is 5.91 Å².